The molecule has 2 aromatic rings. The van der Waals surface area contributed by atoms with Crippen LogP contribution in [0.4, 0.5) is 11.4 Å². The summed E-state index contributed by atoms with van der Waals surface area (Å²) >= 11 is 0. The Morgan fingerprint density at radius 1 is 1.17 bits per heavy atom. The number of pyridine rings is 1. The van der Waals surface area contributed by atoms with Gasteiger partial charge in [0, 0.05) is 12.7 Å². The first-order valence-corrected chi connectivity index (χ1v) is 6.22. The van der Waals surface area contributed by atoms with Gasteiger partial charge in [-0.2, -0.15) is 0 Å². The topological polar surface area (TPSA) is 42.2 Å². The van der Waals surface area contributed by atoms with Gasteiger partial charge in [0.05, 0.1) is 23.6 Å². The average Bonchev–Trinajstić information content (AvgIpc) is 2.39. The number of rotatable bonds is 4. The van der Waals surface area contributed by atoms with Crippen molar-refractivity contribution >= 4 is 11.4 Å². The van der Waals surface area contributed by atoms with Crippen molar-refractivity contribution in [2.24, 2.45) is 0 Å². The maximum Gasteiger partial charge on any atom is 0.0626 e. The van der Waals surface area contributed by atoms with Crippen LogP contribution >= 0.6 is 0 Å². The van der Waals surface area contributed by atoms with Crippen LogP contribution in [-0.2, 0) is 6.54 Å². The van der Waals surface area contributed by atoms with Gasteiger partial charge in [0.2, 0.25) is 0 Å². The van der Waals surface area contributed by atoms with Gasteiger partial charge in [-0.1, -0.05) is 18.2 Å². The molecule has 3 nitrogen and oxygen atoms in total. The third-order valence-corrected chi connectivity index (χ3v) is 3.12. The van der Waals surface area contributed by atoms with E-state index in [1.165, 1.54) is 5.56 Å². The van der Waals surface area contributed by atoms with Gasteiger partial charge in [-0.3, -0.25) is 4.98 Å². The summed E-state index contributed by atoms with van der Waals surface area (Å²) < 4.78 is 0. The van der Waals surface area contributed by atoms with Crippen LogP contribution in [0.1, 0.15) is 18.2 Å². The van der Waals surface area contributed by atoms with Crippen molar-refractivity contribution in [3.8, 4) is 0 Å². The third-order valence-electron chi connectivity index (χ3n) is 3.12. The van der Waals surface area contributed by atoms with Crippen LogP contribution in [0, 0.1) is 6.92 Å². The summed E-state index contributed by atoms with van der Waals surface area (Å²) in [6, 6.07) is 12.0. The predicted octanol–water partition coefficient (Wildman–Crippen LogP) is 3.00. The zero-order valence-corrected chi connectivity index (χ0v) is 10.9. The highest BCUT2D eigenvalue weighted by Crippen LogP contribution is 2.24. The van der Waals surface area contributed by atoms with Crippen molar-refractivity contribution in [3.63, 3.8) is 0 Å². The highest BCUT2D eigenvalue weighted by Gasteiger charge is 2.10. The molecule has 1 aromatic heterocycles. The lowest BCUT2D eigenvalue weighted by Crippen LogP contribution is -2.24. The molecule has 18 heavy (non-hydrogen) atoms. The number of hydrogen-bond donors (Lipinski definition) is 1. The van der Waals surface area contributed by atoms with Gasteiger partial charge in [-0.25, -0.2) is 0 Å². The second-order valence-electron chi connectivity index (χ2n) is 4.34. The molecule has 0 aliphatic rings. The highest BCUT2D eigenvalue weighted by molar-refractivity contribution is 5.67. The Bertz CT molecular complexity index is 523. The summed E-state index contributed by atoms with van der Waals surface area (Å²) in [6.07, 6.45) is 1.84. The zero-order chi connectivity index (χ0) is 13.0. The molecule has 0 aliphatic carbocycles. The van der Waals surface area contributed by atoms with Gasteiger partial charge < -0.3 is 10.6 Å². The monoisotopic (exact) mass is 241 g/mol. The lowest BCUT2D eigenvalue weighted by molar-refractivity contribution is 0.804. The largest absolute Gasteiger partial charge is 0.397 e. The molecule has 0 spiro atoms. The van der Waals surface area contributed by atoms with Crippen molar-refractivity contribution < 1.29 is 0 Å². The van der Waals surface area contributed by atoms with E-state index in [-0.39, 0.29) is 0 Å². The molecule has 1 aromatic carbocycles. The van der Waals surface area contributed by atoms with Gasteiger partial charge in [-0.05, 0) is 37.6 Å². The van der Waals surface area contributed by atoms with Gasteiger partial charge in [0.25, 0.3) is 0 Å². The smallest absolute Gasteiger partial charge is 0.0626 e. The molecule has 94 valence electrons. The Hall–Kier alpha value is -2.03. The van der Waals surface area contributed by atoms with E-state index in [1.54, 1.807) is 0 Å². The van der Waals surface area contributed by atoms with Crippen molar-refractivity contribution in [1.29, 1.82) is 0 Å². The van der Waals surface area contributed by atoms with Crippen LogP contribution in [-0.4, -0.2) is 11.5 Å². The van der Waals surface area contributed by atoms with Crippen molar-refractivity contribution in [3.05, 3.63) is 53.9 Å². The number of aromatic nitrogens is 1. The maximum absolute atomic E-state index is 6.03. The van der Waals surface area contributed by atoms with Crippen LogP contribution in [0.2, 0.25) is 0 Å². The first kappa shape index (κ1) is 12.4. The van der Waals surface area contributed by atoms with Crippen LogP contribution in [0.15, 0.2) is 42.6 Å². The molecule has 0 fully saturated rings. The first-order chi connectivity index (χ1) is 8.72. The maximum atomic E-state index is 6.03. The Labute approximate surface area is 108 Å². The zero-order valence-electron chi connectivity index (χ0n) is 10.9. The first-order valence-electron chi connectivity index (χ1n) is 6.22. The van der Waals surface area contributed by atoms with Crippen molar-refractivity contribution in [1.82, 2.24) is 4.98 Å². The molecule has 0 amide bonds. The average molecular weight is 241 g/mol. The minimum Gasteiger partial charge on any atom is -0.397 e. The van der Waals surface area contributed by atoms with Crippen molar-refractivity contribution in [2.75, 3.05) is 17.2 Å². The normalized spacial score (nSPS) is 10.3. The van der Waals surface area contributed by atoms with E-state index in [9.17, 15) is 0 Å². The molecule has 2 rings (SSSR count). The lowest BCUT2D eigenvalue weighted by atomic mass is 10.2. The molecular formula is C15H19N3. The fraction of sp³-hybridized carbons (Fsp3) is 0.267. The molecule has 0 saturated heterocycles. The van der Waals surface area contributed by atoms with Gasteiger partial charge >= 0.3 is 0 Å². The Morgan fingerprint density at radius 2 is 1.94 bits per heavy atom. The summed E-state index contributed by atoms with van der Waals surface area (Å²) in [4.78, 5) is 6.68. The molecule has 3 heteroatoms. The molecule has 0 bridgehead atoms. The summed E-state index contributed by atoms with van der Waals surface area (Å²) in [7, 11) is 0. The molecule has 2 N–H and O–H groups in total. The van der Waals surface area contributed by atoms with Crippen LogP contribution < -0.4 is 10.6 Å². The molecule has 0 saturated carbocycles. The fourth-order valence-corrected chi connectivity index (χ4v) is 2.01. The molecule has 0 radical (unpaired) electrons. The Morgan fingerprint density at radius 3 is 2.61 bits per heavy atom. The summed E-state index contributed by atoms with van der Waals surface area (Å²) in [6.45, 7) is 5.91. The minimum absolute atomic E-state index is 0.789. The Kier molecular flexibility index (Phi) is 3.82. The quantitative estimate of drug-likeness (QED) is 0.837. The van der Waals surface area contributed by atoms with Crippen LogP contribution in [0.5, 0.6) is 0 Å². The van der Waals surface area contributed by atoms with E-state index >= 15 is 0 Å². The second kappa shape index (κ2) is 5.54. The number of hydrogen-bond acceptors (Lipinski definition) is 3. The number of nitrogens with two attached hydrogens (primary N) is 1. The summed E-state index contributed by atoms with van der Waals surface area (Å²) in [5, 5.41) is 0. The number of anilines is 2. The minimum atomic E-state index is 0.789. The number of nitrogen functional groups attached to an aromatic ring is 1. The number of para-hydroxylation sites is 2. The molecule has 1 heterocycles. The number of benzene rings is 1. The van der Waals surface area contributed by atoms with E-state index in [4.69, 9.17) is 5.73 Å². The SMILES string of the molecule is CCN(Cc1ncccc1C)c1ccccc1N. The van der Waals surface area contributed by atoms with Gasteiger partial charge in [0.15, 0.2) is 0 Å². The van der Waals surface area contributed by atoms with Gasteiger partial charge in [-0.15, -0.1) is 0 Å². The fourth-order valence-electron chi connectivity index (χ4n) is 2.01. The standard InChI is InChI=1S/C15H19N3/c1-3-18(15-9-5-4-8-13(15)16)11-14-12(2)7-6-10-17-14/h4-10H,3,11,16H2,1-2H3. The van der Waals surface area contributed by atoms with Gasteiger partial charge in [0.1, 0.15) is 0 Å². The molecule has 0 unspecified atom stereocenters. The van der Waals surface area contributed by atoms with Crippen molar-refractivity contribution in [2.45, 2.75) is 20.4 Å². The van der Waals surface area contributed by atoms with E-state index in [0.717, 1.165) is 30.2 Å². The lowest BCUT2D eigenvalue weighted by Gasteiger charge is -2.24. The van der Waals surface area contributed by atoms with E-state index in [1.807, 2.05) is 30.5 Å². The number of aryl methyl sites for hydroxylation is 1. The predicted molar refractivity (Wildman–Crippen MR) is 76.6 cm³/mol. The second-order valence-corrected chi connectivity index (χ2v) is 4.34. The summed E-state index contributed by atoms with van der Waals surface area (Å²) in [5.74, 6) is 0. The number of nitrogens with zero attached hydrogens (tertiary/aromatic N) is 2. The van der Waals surface area contributed by atoms with E-state index in [2.05, 4.69) is 35.9 Å². The molecule has 0 atom stereocenters. The van der Waals surface area contributed by atoms with Crippen LogP contribution in [0.25, 0.3) is 0 Å². The van der Waals surface area contributed by atoms with E-state index in [0.29, 0.717) is 0 Å². The van der Waals surface area contributed by atoms with Crippen LogP contribution in [0.3, 0.4) is 0 Å². The molecule has 0 aliphatic heterocycles. The Balaban J connectivity index is 2.26. The third kappa shape index (κ3) is 2.62. The van der Waals surface area contributed by atoms with E-state index < -0.39 is 0 Å². The summed E-state index contributed by atoms with van der Waals surface area (Å²) in [5.41, 5.74) is 10.2. The molecular weight excluding hydrogens is 222 g/mol. The highest BCUT2D eigenvalue weighted by atomic mass is 15.1.